The van der Waals surface area contributed by atoms with Gasteiger partial charge in [-0.15, -0.1) is 0 Å². The summed E-state index contributed by atoms with van der Waals surface area (Å²) in [5, 5.41) is 7.64. The first-order valence-electron chi connectivity index (χ1n) is 9.64. The zero-order valence-corrected chi connectivity index (χ0v) is 16.1. The van der Waals surface area contributed by atoms with E-state index in [1.165, 1.54) is 12.1 Å². The number of H-pyrrole nitrogens is 1. The molecule has 3 N–H and O–H groups in total. The van der Waals surface area contributed by atoms with Gasteiger partial charge in [-0.3, -0.25) is 4.99 Å². The van der Waals surface area contributed by atoms with Crippen LogP contribution in [-0.2, 0) is 17.8 Å². The molecule has 6 nitrogen and oxygen atoms in total. The quantitative estimate of drug-likeness (QED) is 0.283. The van der Waals surface area contributed by atoms with E-state index in [4.69, 9.17) is 9.15 Å². The molecule has 2 aromatic heterocycles. The van der Waals surface area contributed by atoms with E-state index in [0.717, 1.165) is 54.1 Å². The van der Waals surface area contributed by atoms with Gasteiger partial charge in [0.25, 0.3) is 0 Å². The maximum absolute atomic E-state index is 13.3. The molecule has 1 aromatic carbocycles. The lowest BCUT2D eigenvalue weighted by molar-refractivity contribution is 0.105. The zero-order valence-electron chi connectivity index (χ0n) is 16.1. The van der Waals surface area contributed by atoms with Gasteiger partial charge >= 0.3 is 0 Å². The third-order valence-electron chi connectivity index (χ3n) is 4.30. The zero-order chi connectivity index (χ0) is 19.6. The molecular weight excluding hydrogens is 359 g/mol. The number of hydrogen-bond donors (Lipinski definition) is 3. The molecule has 0 atom stereocenters. The maximum Gasteiger partial charge on any atom is 0.191 e. The monoisotopic (exact) mass is 386 g/mol. The summed E-state index contributed by atoms with van der Waals surface area (Å²) in [5.41, 5.74) is 1.98. The van der Waals surface area contributed by atoms with Gasteiger partial charge < -0.3 is 24.8 Å². The molecule has 0 saturated carbocycles. The van der Waals surface area contributed by atoms with Gasteiger partial charge in [-0.05, 0) is 55.7 Å². The first-order valence-corrected chi connectivity index (χ1v) is 9.64. The van der Waals surface area contributed by atoms with E-state index in [2.05, 4.69) is 20.6 Å². The third-order valence-corrected chi connectivity index (χ3v) is 4.30. The number of aromatic nitrogens is 1. The third kappa shape index (κ3) is 5.85. The predicted molar refractivity (Wildman–Crippen MR) is 109 cm³/mol. The molecule has 0 aliphatic rings. The van der Waals surface area contributed by atoms with Crippen LogP contribution in [0.4, 0.5) is 4.39 Å². The number of rotatable bonds is 10. The second-order valence-electron chi connectivity index (χ2n) is 6.43. The molecule has 2 heterocycles. The van der Waals surface area contributed by atoms with Crippen molar-refractivity contribution in [2.45, 2.75) is 26.4 Å². The summed E-state index contributed by atoms with van der Waals surface area (Å²) < 4.78 is 24.1. The lowest BCUT2D eigenvalue weighted by Gasteiger charge is -2.11. The lowest BCUT2D eigenvalue weighted by atomic mass is 10.1. The highest BCUT2D eigenvalue weighted by atomic mass is 19.1. The van der Waals surface area contributed by atoms with Crippen LogP contribution in [0, 0.1) is 5.82 Å². The van der Waals surface area contributed by atoms with Crippen molar-refractivity contribution in [2.75, 3.05) is 26.2 Å². The SMILES string of the molecule is CCNC(=NCCCOCc1ccco1)NCCc1c[nH]c2cc(F)ccc12. The van der Waals surface area contributed by atoms with E-state index < -0.39 is 0 Å². The molecule has 0 amide bonds. The molecule has 0 unspecified atom stereocenters. The Bertz CT molecular complexity index is 874. The predicted octanol–water partition coefficient (Wildman–Crippen LogP) is 3.60. The van der Waals surface area contributed by atoms with Gasteiger partial charge in [0.1, 0.15) is 18.2 Å². The van der Waals surface area contributed by atoms with Gasteiger partial charge in [0, 0.05) is 43.3 Å². The average Bonchev–Trinajstić information content (AvgIpc) is 3.34. The number of halogens is 1. The van der Waals surface area contributed by atoms with Gasteiger partial charge in [0.15, 0.2) is 5.96 Å². The lowest BCUT2D eigenvalue weighted by Crippen LogP contribution is -2.38. The molecule has 7 heteroatoms. The van der Waals surface area contributed by atoms with E-state index in [0.29, 0.717) is 19.8 Å². The second kappa shape index (κ2) is 10.5. The number of nitrogens with one attached hydrogen (secondary N) is 3. The van der Waals surface area contributed by atoms with Crippen molar-refractivity contribution in [1.82, 2.24) is 15.6 Å². The van der Waals surface area contributed by atoms with Crippen LogP contribution in [-0.4, -0.2) is 37.2 Å². The number of aliphatic imine (C=N–C) groups is 1. The number of nitrogens with zero attached hydrogens (tertiary/aromatic N) is 1. The summed E-state index contributed by atoms with van der Waals surface area (Å²) in [6.07, 6.45) is 5.24. The Kier molecular flexibility index (Phi) is 7.49. The topological polar surface area (TPSA) is 74.6 Å². The number of aromatic amines is 1. The molecule has 0 saturated heterocycles. The highest BCUT2D eigenvalue weighted by molar-refractivity contribution is 5.83. The number of furan rings is 1. The number of hydrogen-bond acceptors (Lipinski definition) is 3. The molecule has 150 valence electrons. The smallest absolute Gasteiger partial charge is 0.191 e. The van der Waals surface area contributed by atoms with Crippen LogP contribution in [0.15, 0.2) is 52.2 Å². The first kappa shape index (κ1) is 19.9. The van der Waals surface area contributed by atoms with Gasteiger partial charge in [-0.2, -0.15) is 0 Å². The first-order chi connectivity index (χ1) is 13.8. The summed E-state index contributed by atoms with van der Waals surface area (Å²) in [4.78, 5) is 7.70. The molecule has 0 spiro atoms. The fourth-order valence-electron chi connectivity index (χ4n) is 2.95. The maximum atomic E-state index is 13.3. The standard InChI is InChI=1S/C21H27FN4O2/c1-2-23-21(24-9-4-11-27-15-18-5-3-12-28-18)25-10-8-16-14-26-20-13-17(22)6-7-19(16)20/h3,5-7,12-14,26H,2,4,8-11,15H2,1H3,(H2,23,24,25). The minimum atomic E-state index is -0.228. The molecule has 0 bridgehead atoms. The van der Waals surface area contributed by atoms with Gasteiger partial charge in [0.05, 0.1) is 6.26 Å². The summed E-state index contributed by atoms with van der Waals surface area (Å²) in [5.74, 6) is 1.40. The van der Waals surface area contributed by atoms with E-state index in [1.54, 1.807) is 6.26 Å². The van der Waals surface area contributed by atoms with Crippen LogP contribution >= 0.6 is 0 Å². The normalized spacial score (nSPS) is 11.9. The van der Waals surface area contributed by atoms with Crippen LogP contribution < -0.4 is 10.6 Å². The van der Waals surface area contributed by atoms with Crippen LogP contribution in [0.1, 0.15) is 24.7 Å². The van der Waals surface area contributed by atoms with Crippen LogP contribution in [0.25, 0.3) is 10.9 Å². The Labute approximate surface area is 164 Å². The van der Waals surface area contributed by atoms with Crippen molar-refractivity contribution in [1.29, 1.82) is 0 Å². The molecule has 0 aliphatic carbocycles. The van der Waals surface area contributed by atoms with Gasteiger partial charge in [-0.1, -0.05) is 0 Å². The molecule has 0 radical (unpaired) electrons. The minimum Gasteiger partial charge on any atom is -0.467 e. The summed E-state index contributed by atoms with van der Waals surface area (Å²) in [6.45, 7) is 5.38. The molecular formula is C21H27FN4O2. The molecule has 28 heavy (non-hydrogen) atoms. The number of guanidine groups is 1. The fourth-order valence-corrected chi connectivity index (χ4v) is 2.95. The summed E-state index contributed by atoms with van der Waals surface area (Å²) in [7, 11) is 0. The van der Waals surface area contributed by atoms with Crippen molar-refractivity contribution >= 4 is 16.9 Å². The highest BCUT2D eigenvalue weighted by Crippen LogP contribution is 2.19. The Morgan fingerprint density at radius 1 is 1.29 bits per heavy atom. The second-order valence-corrected chi connectivity index (χ2v) is 6.43. The van der Waals surface area contributed by atoms with Crippen LogP contribution in [0.2, 0.25) is 0 Å². The van der Waals surface area contributed by atoms with E-state index in [9.17, 15) is 4.39 Å². The molecule has 3 rings (SSSR count). The summed E-state index contributed by atoms with van der Waals surface area (Å²) >= 11 is 0. The number of ether oxygens (including phenoxy) is 1. The fraction of sp³-hybridized carbons (Fsp3) is 0.381. The Morgan fingerprint density at radius 2 is 2.21 bits per heavy atom. The molecule has 3 aromatic rings. The Morgan fingerprint density at radius 3 is 3.04 bits per heavy atom. The Balaban J connectivity index is 1.40. The minimum absolute atomic E-state index is 0.228. The number of fused-ring (bicyclic) bond motifs is 1. The van der Waals surface area contributed by atoms with Gasteiger partial charge in [0.2, 0.25) is 0 Å². The summed E-state index contributed by atoms with van der Waals surface area (Å²) in [6, 6.07) is 8.58. The van der Waals surface area contributed by atoms with Crippen molar-refractivity contribution in [3.63, 3.8) is 0 Å². The van der Waals surface area contributed by atoms with E-state index >= 15 is 0 Å². The van der Waals surface area contributed by atoms with E-state index in [-0.39, 0.29) is 5.82 Å². The van der Waals surface area contributed by atoms with Gasteiger partial charge in [-0.25, -0.2) is 4.39 Å². The van der Waals surface area contributed by atoms with Crippen molar-refractivity contribution < 1.29 is 13.5 Å². The van der Waals surface area contributed by atoms with Crippen molar-refractivity contribution in [2.24, 2.45) is 4.99 Å². The largest absolute Gasteiger partial charge is 0.467 e. The van der Waals surface area contributed by atoms with E-state index in [1.807, 2.05) is 31.3 Å². The highest BCUT2D eigenvalue weighted by Gasteiger charge is 2.05. The van der Waals surface area contributed by atoms with Crippen molar-refractivity contribution in [3.05, 3.63) is 59.9 Å². The van der Waals surface area contributed by atoms with Crippen LogP contribution in [0.3, 0.4) is 0 Å². The van der Waals surface area contributed by atoms with Crippen LogP contribution in [0.5, 0.6) is 0 Å². The average molecular weight is 386 g/mol. The molecule has 0 aliphatic heterocycles. The van der Waals surface area contributed by atoms with Crippen molar-refractivity contribution in [3.8, 4) is 0 Å². The number of benzene rings is 1. The molecule has 0 fully saturated rings. The Hall–Kier alpha value is -2.80.